The van der Waals surface area contributed by atoms with Crippen LogP contribution in [0.5, 0.6) is 0 Å². The van der Waals surface area contributed by atoms with E-state index >= 15 is 0 Å². The highest BCUT2D eigenvalue weighted by Gasteiger charge is 2.37. The van der Waals surface area contributed by atoms with Crippen molar-refractivity contribution in [2.75, 3.05) is 18.1 Å². The second-order valence-corrected chi connectivity index (χ2v) is 7.83. The lowest BCUT2D eigenvalue weighted by Crippen LogP contribution is -2.34. The van der Waals surface area contributed by atoms with E-state index in [9.17, 15) is 18.0 Å². The van der Waals surface area contributed by atoms with E-state index in [1.54, 1.807) is 18.2 Å². The lowest BCUT2D eigenvalue weighted by molar-refractivity contribution is -0.123. The Labute approximate surface area is 143 Å². The van der Waals surface area contributed by atoms with Gasteiger partial charge in [-0.2, -0.15) is 0 Å². The molecule has 1 aliphatic heterocycles. The highest BCUT2D eigenvalue weighted by molar-refractivity contribution is 14.1. The van der Waals surface area contributed by atoms with Crippen LogP contribution in [-0.4, -0.2) is 42.7 Å². The third-order valence-corrected chi connectivity index (χ3v) is 6.43. The van der Waals surface area contributed by atoms with Crippen LogP contribution in [0.4, 0.5) is 0 Å². The Morgan fingerprint density at radius 2 is 2.09 bits per heavy atom. The van der Waals surface area contributed by atoms with Crippen LogP contribution >= 0.6 is 22.6 Å². The van der Waals surface area contributed by atoms with Gasteiger partial charge in [0.1, 0.15) is 0 Å². The van der Waals surface area contributed by atoms with Crippen LogP contribution in [0, 0.1) is 5.92 Å². The standard InChI is InChI=1S/C14H16INO5S/c1-21-14(18)12-5-3-2-4-11(12)9-22(19,20)16-8-10(7-15)6-13(16)17/h2-5,10H,6-9H2,1H3. The first-order chi connectivity index (χ1) is 10.4. The minimum Gasteiger partial charge on any atom is -0.465 e. The molecule has 0 radical (unpaired) electrons. The topological polar surface area (TPSA) is 80.8 Å². The van der Waals surface area contributed by atoms with Gasteiger partial charge in [-0.1, -0.05) is 40.8 Å². The van der Waals surface area contributed by atoms with Crippen LogP contribution in [0.15, 0.2) is 24.3 Å². The van der Waals surface area contributed by atoms with Crippen LogP contribution in [-0.2, 0) is 25.3 Å². The maximum atomic E-state index is 12.5. The van der Waals surface area contributed by atoms with Crippen molar-refractivity contribution in [3.05, 3.63) is 35.4 Å². The molecule has 0 aliphatic carbocycles. The smallest absolute Gasteiger partial charge is 0.338 e. The highest BCUT2D eigenvalue weighted by Crippen LogP contribution is 2.25. The molecule has 0 saturated carbocycles. The molecule has 1 saturated heterocycles. The van der Waals surface area contributed by atoms with Crippen molar-refractivity contribution in [1.82, 2.24) is 4.31 Å². The number of hydrogen-bond acceptors (Lipinski definition) is 5. The Morgan fingerprint density at radius 3 is 2.68 bits per heavy atom. The van der Waals surface area contributed by atoms with E-state index < -0.39 is 21.7 Å². The van der Waals surface area contributed by atoms with Crippen molar-refractivity contribution in [3.63, 3.8) is 0 Å². The minimum atomic E-state index is -3.80. The number of hydrogen-bond donors (Lipinski definition) is 0. The van der Waals surface area contributed by atoms with Gasteiger partial charge in [-0.3, -0.25) is 4.79 Å². The number of methoxy groups -OCH3 is 1. The van der Waals surface area contributed by atoms with Crippen molar-refractivity contribution < 1.29 is 22.7 Å². The van der Waals surface area contributed by atoms with Crippen molar-refractivity contribution in [2.24, 2.45) is 5.92 Å². The molecule has 6 nitrogen and oxygen atoms in total. The third-order valence-electron chi connectivity index (χ3n) is 3.48. The molecule has 1 aromatic rings. The Bertz CT molecular complexity index is 688. The van der Waals surface area contributed by atoms with Gasteiger partial charge in [0.25, 0.3) is 0 Å². The Morgan fingerprint density at radius 1 is 1.41 bits per heavy atom. The summed E-state index contributed by atoms with van der Waals surface area (Å²) in [5.41, 5.74) is 0.533. The quantitative estimate of drug-likeness (QED) is 0.397. The number of esters is 1. The van der Waals surface area contributed by atoms with Gasteiger partial charge in [0, 0.05) is 17.4 Å². The predicted octanol–water partition coefficient (Wildman–Crippen LogP) is 1.59. The number of ether oxygens (including phenoxy) is 1. The van der Waals surface area contributed by atoms with Gasteiger partial charge in [-0.25, -0.2) is 17.5 Å². The molecular formula is C14H16INO5S. The molecule has 1 atom stereocenters. The summed E-state index contributed by atoms with van der Waals surface area (Å²) in [6.45, 7) is 0.213. The van der Waals surface area contributed by atoms with Gasteiger partial charge in [0.05, 0.1) is 18.4 Å². The third kappa shape index (κ3) is 3.60. The van der Waals surface area contributed by atoms with E-state index in [1.807, 2.05) is 0 Å². The zero-order chi connectivity index (χ0) is 16.3. The number of rotatable bonds is 5. The summed E-state index contributed by atoms with van der Waals surface area (Å²) in [5, 5.41) is 0. The largest absolute Gasteiger partial charge is 0.465 e. The maximum absolute atomic E-state index is 12.5. The molecular weight excluding hydrogens is 421 g/mol. The summed E-state index contributed by atoms with van der Waals surface area (Å²) < 4.78 is 31.3. The number of sulfonamides is 1. The summed E-state index contributed by atoms with van der Waals surface area (Å²) in [4.78, 5) is 23.6. The molecule has 0 bridgehead atoms. The minimum absolute atomic E-state index is 0.0544. The number of carbonyl (C=O) groups excluding carboxylic acids is 2. The van der Waals surface area contributed by atoms with Crippen molar-refractivity contribution in [3.8, 4) is 0 Å². The van der Waals surface area contributed by atoms with Crippen LogP contribution in [0.3, 0.4) is 0 Å². The number of carbonyl (C=O) groups is 2. The summed E-state index contributed by atoms with van der Waals surface area (Å²) >= 11 is 2.15. The Balaban J connectivity index is 2.27. The van der Waals surface area contributed by atoms with E-state index in [2.05, 4.69) is 27.3 Å². The van der Waals surface area contributed by atoms with Crippen molar-refractivity contribution >= 4 is 44.5 Å². The molecule has 1 amide bonds. The molecule has 1 aromatic carbocycles. The predicted molar refractivity (Wildman–Crippen MR) is 89.1 cm³/mol. The van der Waals surface area contributed by atoms with E-state index in [0.29, 0.717) is 5.56 Å². The first kappa shape index (κ1) is 17.2. The number of benzene rings is 1. The zero-order valence-electron chi connectivity index (χ0n) is 12.0. The van der Waals surface area contributed by atoms with Gasteiger partial charge >= 0.3 is 5.97 Å². The lowest BCUT2D eigenvalue weighted by atomic mass is 10.1. The molecule has 1 fully saturated rings. The number of amides is 1. The maximum Gasteiger partial charge on any atom is 0.338 e. The average molecular weight is 437 g/mol. The molecule has 1 aliphatic rings. The summed E-state index contributed by atoms with van der Waals surface area (Å²) in [6.07, 6.45) is 0.251. The lowest BCUT2D eigenvalue weighted by Gasteiger charge is -2.17. The molecule has 0 aromatic heterocycles. The van der Waals surface area contributed by atoms with Gasteiger partial charge < -0.3 is 4.74 Å². The zero-order valence-corrected chi connectivity index (χ0v) is 15.0. The van der Waals surface area contributed by atoms with E-state index in [-0.39, 0.29) is 30.4 Å². The molecule has 0 N–H and O–H groups in total. The van der Waals surface area contributed by atoms with Crippen LogP contribution < -0.4 is 0 Å². The molecule has 22 heavy (non-hydrogen) atoms. The van der Waals surface area contributed by atoms with Crippen LogP contribution in [0.2, 0.25) is 0 Å². The first-order valence-corrected chi connectivity index (χ1v) is 9.78. The average Bonchev–Trinajstić information content (AvgIpc) is 2.88. The number of alkyl halides is 1. The van der Waals surface area contributed by atoms with Crippen LogP contribution in [0.25, 0.3) is 0 Å². The molecule has 1 heterocycles. The van der Waals surface area contributed by atoms with Gasteiger partial charge in [0.15, 0.2) is 0 Å². The van der Waals surface area contributed by atoms with Gasteiger partial charge in [0.2, 0.25) is 15.9 Å². The Kier molecular flexibility index (Phi) is 5.43. The second-order valence-electron chi connectivity index (χ2n) is 5.05. The van der Waals surface area contributed by atoms with Crippen molar-refractivity contribution in [1.29, 1.82) is 0 Å². The fraction of sp³-hybridized carbons (Fsp3) is 0.429. The fourth-order valence-electron chi connectivity index (χ4n) is 2.35. The molecule has 1 unspecified atom stereocenters. The number of nitrogens with zero attached hydrogens (tertiary/aromatic N) is 1. The fourth-order valence-corrected chi connectivity index (χ4v) is 4.56. The summed E-state index contributed by atoms with van der Waals surface area (Å²) in [5.74, 6) is -1.31. The van der Waals surface area contributed by atoms with Gasteiger partial charge in [-0.05, 0) is 17.5 Å². The molecule has 2 rings (SSSR count). The normalized spacial score (nSPS) is 18.5. The van der Waals surface area contributed by atoms with Crippen LogP contribution in [0.1, 0.15) is 22.3 Å². The highest BCUT2D eigenvalue weighted by atomic mass is 127. The SMILES string of the molecule is COC(=O)c1ccccc1CS(=O)(=O)N1CC(CI)CC1=O. The van der Waals surface area contributed by atoms with E-state index in [4.69, 9.17) is 0 Å². The summed E-state index contributed by atoms with van der Waals surface area (Å²) in [6, 6.07) is 6.35. The molecule has 120 valence electrons. The van der Waals surface area contributed by atoms with Gasteiger partial charge in [-0.15, -0.1) is 0 Å². The molecule has 0 spiro atoms. The first-order valence-electron chi connectivity index (χ1n) is 6.64. The van der Waals surface area contributed by atoms with E-state index in [0.717, 1.165) is 8.73 Å². The second kappa shape index (κ2) is 6.95. The number of halogens is 1. The molecule has 8 heteroatoms. The Hall–Kier alpha value is -1.16. The summed E-state index contributed by atoms with van der Waals surface area (Å²) in [7, 11) is -2.56. The monoisotopic (exact) mass is 437 g/mol. The van der Waals surface area contributed by atoms with E-state index in [1.165, 1.54) is 13.2 Å². The van der Waals surface area contributed by atoms with Crippen molar-refractivity contribution in [2.45, 2.75) is 12.2 Å².